The van der Waals surface area contributed by atoms with E-state index >= 15 is 0 Å². The zero-order valence-corrected chi connectivity index (χ0v) is 21.0. The SMILES string of the molecule is O=C(CC1(COc2ccc(Cl)cc2)CCCN(S(=O)(=O)c2c(F)cccc2F)C1)N1CCCCC1. The van der Waals surface area contributed by atoms with Gasteiger partial charge in [-0.1, -0.05) is 17.7 Å². The van der Waals surface area contributed by atoms with Gasteiger partial charge in [0, 0.05) is 43.0 Å². The smallest absolute Gasteiger partial charge is 0.248 e. The summed E-state index contributed by atoms with van der Waals surface area (Å²) in [6, 6.07) is 9.75. The molecular formula is C25H29ClF2N2O4S. The van der Waals surface area contributed by atoms with E-state index in [-0.39, 0.29) is 32.0 Å². The fourth-order valence-electron chi connectivity index (χ4n) is 4.88. The summed E-state index contributed by atoms with van der Waals surface area (Å²) in [7, 11) is -4.46. The predicted molar refractivity (Wildman–Crippen MR) is 129 cm³/mol. The number of halogens is 3. The maximum atomic E-state index is 14.4. The summed E-state index contributed by atoms with van der Waals surface area (Å²) in [6.07, 6.45) is 4.03. The maximum Gasteiger partial charge on any atom is 0.248 e. The average Bonchev–Trinajstić information content (AvgIpc) is 2.84. The van der Waals surface area contributed by atoms with Crippen LogP contribution in [-0.4, -0.2) is 56.3 Å². The summed E-state index contributed by atoms with van der Waals surface area (Å²) >= 11 is 5.96. The molecule has 0 N–H and O–H groups in total. The lowest BCUT2D eigenvalue weighted by molar-refractivity contribution is -0.136. The highest BCUT2D eigenvalue weighted by Crippen LogP contribution is 2.38. The van der Waals surface area contributed by atoms with Gasteiger partial charge >= 0.3 is 0 Å². The van der Waals surface area contributed by atoms with E-state index in [4.69, 9.17) is 16.3 Å². The monoisotopic (exact) mass is 526 g/mol. The Bertz CT molecular complexity index is 1140. The first kappa shape index (κ1) is 25.9. The molecule has 190 valence electrons. The molecule has 0 saturated carbocycles. The van der Waals surface area contributed by atoms with Crippen LogP contribution in [0.1, 0.15) is 38.5 Å². The van der Waals surface area contributed by atoms with Gasteiger partial charge in [0.2, 0.25) is 15.9 Å². The Morgan fingerprint density at radius 3 is 2.29 bits per heavy atom. The molecule has 2 aromatic rings. The number of nitrogens with zero attached hydrogens (tertiary/aromatic N) is 2. The van der Waals surface area contributed by atoms with Crippen molar-refractivity contribution >= 4 is 27.5 Å². The van der Waals surface area contributed by atoms with Crippen LogP contribution in [0.25, 0.3) is 0 Å². The van der Waals surface area contributed by atoms with E-state index in [0.29, 0.717) is 36.7 Å². The number of sulfonamides is 1. The van der Waals surface area contributed by atoms with Gasteiger partial charge in [0.25, 0.3) is 0 Å². The van der Waals surface area contributed by atoms with Crippen molar-refractivity contribution in [3.63, 3.8) is 0 Å². The summed E-state index contributed by atoms with van der Waals surface area (Å²) in [5.41, 5.74) is -0.846. The van der Waals surface area contributed by atoms with Gasteiger partial charge in [0.05, 0.1) is 6.61 Å². The van der Waals surface area contributed by atoms with Crippen molar-refractivity contribution in [3.8, 4) is 5.75 Å². The molecule has 0 bridgehead atoms. The quantitative estimate of drug-likeness (QED) is 0.516. The third-order valence-electron chi connectivity index (χ3n) is 6.74. The second-order valence-corrected chi connectivity index (χ2v) is 11.7. The third-order valence-corrected chi connectivity index (χ3v) is 8.89. The highest BCUT2D eigenvalue weighted by Gasteiger charge is 2.44. The standard InChI is InChI=1S/C25H29ClF2N2O4S/c26-19-8-10-20(11-9-19)34-18-25(16-23(31)29-13-2-1-3-14-29)12-5-15-30(17-25)35(32,33)24-21(27)6-4-7-22(24)28/h4,6-11H,1-3,5,12-18H2. The van der Waals surface area contributed by atoms with Crippen molar-refractivity contribution in [1.82, 2.24) is 9.21 Å². The number of rotatable bonds is 7. The van der Waals surface area contributed by atoms with Gasteiger partial charge in [0.1, 0.15) is 17.4 Å². The van der Waals surface area contributed by atoms with E-state index in [2.05, 4.69) is 0 Å². The predicted octanol–water partition coefficient (Wildman–Crippen LogP) is 4.87. The third kappa shape index (κ3) is 5.95. The number of amides is 1. The average molecular weight is 527 g/mol. The first-order chi connectivity index (χ1) is 16.7. The Hall–Kier alpha value is -2.23. The molecule has 2 aromatic carbocycles. The van der Waals surface area contributed by atoms with Crippen LogP contribution in [0.4, 0.5) is 8.78 Å². The van der Waals surface area contributed by atoms with Crippen LogP contribution < -0.4 is 4.74 Å². The van der Waals surface area contributed by atoms with Gasteiger partial charge in [-0.3, -0.25) is 4.79 Å². The van der Waals surface area contributed by atoms with Crippen molar-refractivity contribution in [3.05, 3.63) is 59.1 Å². The minimum Gasteiger partial charge on any atom is -0.493 e. The molecule has 2 fully saturated rings. The summed E-state index contributed by atoms with van der Waals surface area (Å²) in [5, 5.41) is 0.550. The normalized spacial score (nSPS) is 21.6. The second kappa shape index (κ2) is 10.8. The fourth-order valence-corrected chi connectivity index (χ4v) is 6.71. The Morgan fingerprint density at radius 1 is 0.971 bits per heavy atom. The van der Waals surface area contributed by atoms with Crippen LogP contribution in [0.2, 0.25) is 5.02 Å². The zero-order chi connectivity index (χ0) is 25.1. The number of benzene rings is 2. The molecular weight excluding hydrogens is 498 g/mol. The van der Waals surface area contributed by atoms with Crippen LogP contribution >= 0.6 is 11.6 Å². The largest absolute Gasteiger partial charge is 0.493 e. The Balaban J connectivity index is 1.61. The molecule has 2 aliphatic heterocycles. The van der Waals surface area contributed by atoms with Crippen molar-refractivity contribution in [2.75, 3.05) is 32.8 Å². The minimum absolute atomic E-state index is 0.0549. The number of piperidine rings is 2. The molecule has 1 amide bonds. The Labute approximate surface area is 209 Å². The van der Waals surface area contributed by atoms with Crippen molar-refractivity contribution in [1.29, 1.82) is 0 Å². The van der Waals surface area contributed by atoms with E-state index in [1.165, 1.54) is 0 Å². The maximum absolute atomic E-state index is 14.4. The van der Waals surface area contributed by atoms with Crippen LogP contribution in [0, 0.1) is 17.0 Å². The molecule has 0 radical (unpaired) electrons. The lowest BCUT2D eigenvalue weighted by Crippen LogP contribution is -2.51. The highest BCUT2D eigenvalue weighted by atomic mass is 35.5. The molecule has 2 saturated heterocycles. The lowest BCUT2D eigenvalue weighted by atomic mass is 9.78. The van der Waals surface area contributed by atoms with Gasteiger partial charge in [-0.15, -0.1) is 0 Å². The topological polar surface area (TPSA) is 66.9 Å². The number of ether oxygens (including phenoxy) is 1. The molecule has 0 spiro atoms. The van der Waals surface area contributed by atoms with E-state index in [0.717, 1.165) is 41.8 Å². The molecule has 2 aliphatic rings. The number of hydrogen-bond donors (Lipinski definition) is 0. The fraction of sp³-hybridized carbons (Fsp3) is 0.480. The van der Waals surface area contributed by atoms with E-state index < -0.39 is 32.0 Å². The van der Waals surface area contributed by atoms with Crippen molar-refractivity contribution in [2.24, 2.45) is 5.41 Å². The molecule has 6 nitrogen and oxygen atoms in total. The van der Waals surface area contributed by atoms with Gasteiger partial charge in [0.15, 0.2) is 4.90 Å². The van der Waals surface area contributed by atoms with Gasteiger partial charge in [-0.25, -0.2) is 17.2 Å². The molecule has 10 heteroatoms. The number of hydrogen-bond acceptors (Lipinski definition) is 4. The Kier molecular flexibility index (Phi) is 7.98. The van der Waals surface area contributed by atoms with Crippen molar-refractivity contribution < 1.29 is 26.7 Å². The van der Waals surface area contributed by atoms with Crippen LogP contribution in [0.15, 0.2) is 47.4 Å². The van der Waals surface area contributed by atoms with E-state index in [9.17, 15) is 22.0 Å². The number of likely N-dealkylation sites (tertiary alicyclic amines) is 1. The first-order valence-electron chi connectivity index (χ1n) is 11.8. The molecule has 0 aliphatic carbocycles. The number of carbonyl (C=O) groups excluding carboxylic acids is 1. The minimum atomic E-state index is -4.46. The van der Waals surface area contributed by atoms with Gasteiger partial charge in [-0.05, 0) is 68.5 Å². The molecule has 1 unspecified atom stereocenters. The summed E-state index contributed by atoms with van der Waals surface area (Å²) in [5.74, 6) is -1.79. The molecule has 1 atom stereocenters. The van der Waals surface area contributed by atoms with E-state index in [1.54, 1.807) is 24.3 Å². The van der Waals surface area contributed by atoms with Gasteiger partial charge < -0.3 is 9.64 Å². The molecule has 2 heterocycles. The lowest BCUT2D eigenvalue weighted by Gasteiger charge is -2.42. The second-order valence-electron chi connectivity index (χ2n) is 9.35. The summed E-state index contributed by atoms with van der Waals surface area (Å²) < 4.78 is 62.5. The molecule has 0 aromatic heterocycles. The number of carbonyl (C=O) groups is 1. The zero-order valence-electron chi connectivity index (χ0n) is 19.4. The van der Waals surface area contributed by atoms with Gasteiger partial charge in [-0.2, -0.15) is 4.31 Å². The summed E-state index contributed by atoms with van der Waals surface area (Å²) in [4.78, 5) is 14.1. The Morgan fingerprint density at radius 2 is 1.63 bits per heavy atom. The highest BCUT2D eigenvalue weighted by molar-refractivity contribution is 7.89. The van der Waals surface area contributed by atoms with Crippen LogP contribution in [0.5, 0.6) is 5.75 Å². The molecule has 35 heavy (non-hydrogen) atoms. The van der Waals surface area contributed by atoms with Crippen molar-refractivity contribution in [2.45, 2.75) is 43.4 Å². The van der Waals surface area contributed by atoms with Crippen LogP contribution in [-0.2, 0) is 14.8 Å². The van der Waals surface area contributed by atoms with Crippen LogP contribution in [0.3, 0.4) is 0 Å². The molecule has 4 rings (SSSR count). The first-order valence-corrected chi connectivity index (χ1v) is 13.6. The van der Waals surface area contributed by atoms with E-state index in [1.807, 2.05) is 4.90 Å². The summed E-state index contributed by atoms with van der Waals surface area (Å²) in [6.45, 7) is 1.47.